The summed E-state index contributed by atoms with van der Waals surface area (Å²) in [5, 5.41) is 2.41. The maximum absolute atomic E-state index is 11.3. The van der Waals surface area contributed by atoms with Crippen LogP contribution in [0, 0.1) is 0 Å². The number of carbonyl (C=O) groups is 1. The maximum Gasteiger partial charge on any atom is 0.280 e. The van der Waals surface area contributed by atoms with Gasteiger partial charge in [-0.1, -0.05) is 6.92 Å². The van der Waals surface area contributed by atoms with Crippen LogP contribution in [0.15, 0.2) is 17.6 Å². The monoisotopic (exact) mass is 265 g/mol. The van der Waals surface area contributed by atoms with E-state index in [0.29, 0.717) is 6.54 Å². The smallest absolute Gasteiger partial charge is 0.280 e. The minimum atomic E-state index is -3.83. The Hall–Kier alpha value is -1.08. The molecule has 0 saturated heterocycles. The van der Waals surface area contributed by atoms with E-state index in [1.54, 1.807) is 0 Å². The second-order valence-electron chi connectivity index (χ2n) is 3.17. The molecule has 0 aliphatic rings. The SMILES string of the molecule is CCCNC(=O)Cn1cnc(S(=O)(=O)Cl)c1. The molecule has 0 saturated carbocycles. The zero-order valence-corrected chi connectivity index (χ0v) is 10.3. The lowest BCUT2D eigenvalue weighted by Gasteiger charge is -2.03. The molecule has 0 bridgehead atoms. The second kappa shape index (κ2) is 5.31. The Labute approximate surface area is 98.0 Å². The largest absolute Gasteiger partial charge is 0.355 e. The normalized spacial score (nSPS) is 11.4. The highest BCUT2D eigenvalue weighted by Crippen LogP contribution is 2.10. The number of nitrogens with one attached hydrogen (secondary N) is 1. The summed E-state index contributed by atoms with van der Waals surface area (Å²) in [5.74, 6) is -0.197. The van der Waals surface area contributed by atoms with Gasteiger partial charge in [0.2, 0.25) is 5.91 Å². The van der Waals surface area contributed by atoms with E-state index in [1.807, 2.05) is 6.92 Å². The summed E-state index contributed by atoms with van der Waals surface area (Å²) in [4.78, 5) is 14.9. The van der Waals surface area contributed by atoms with Crippen LogP contribution in [0.5, 0.6) is 0 Å². The number of nitrogens with zero attached hydrogens (tertiary/aromatic N) is 2. The highest BCUT2D eigenvalue weighted by Gasteiger charge is 2.14. The average Bonchev–Trinajstić information content (AvgIpc) is 2.62. The van der Waals surface area contributed by atoms with Crippen LogP contribution >= 0.6 is 10.7 Å². The van der Waals surface area contributed by atoms with E-state index < -0.39 is 9.05 Å². The van der Waals surface area contributed by atoms with Crippen molar-refractivity contribution in [2.24, 2.45) is 0 Å². The molecule has 0 spiro atoms. The van der Waals surface area contributed by atoms with Gasteiger partial charge in [-0.3, -0.25) is 4.79 Å². The van der Waals surface area contributed by atoms with E-state index in [2.05, 4.69) is 10.3 Å². The van der Waals surface area contributed by atoms with E-state index in [1.165, 1.54) is 17.1 Å². The van der Waals surface area contributed by atoms with Crippen LogP contribution in [0.25, 0.3) is 0 Å². The lowest BCUT2D eigenvalue weighted by Crippen LogP contribution is -2.27. The minimum Gasteiger partial charge on any atom is -0.355 e. The van der Waals surface area contributed by atoms with Gasteiger partial charge < -0.3 is 9.88 Å². The molecule has 0 unspecified atom stereocenters. The van der Waals surface area contributed by atoms with Crippen LogP contribution in [-0.4, -0.2) is 30.4 Å². The van der Waals surface area contributed by atoms with Gasteiger partial charge in [-0.05, 0) is 6.42 Å². The number of halogens is 1. The van der Waals surface area contributed by atoms with E-state index in [4.69, 9.17) is 10.7 Å². The summed E-state index contributed by atoms with van der Waals surface area (Å²) in [6.07, 6.45) is 3.31. The van der Waals surface area contributed by atoms with Crippen LogP contribution in [0.4, 0.5) is 0 Å². The lowest BCUT2D eigenvalue weighted by molar-refractivity contribution is -0.121. The van der Waals surface area contributed by atoms with Gasteiger partial charge in [-0.15, -0.1) is 0 Å². The first-order valence-electron chi connectivity index (χ1n) is 4.66. The molecule has 0 atom stereocenters. The molecule has 16 heavy (non-hydrogen) atoms. The average molecular weight is 266 g/mol. The lowest BCUT2D eigenvalue weighted by atomic mass is 10.4. The van der Waals surface area contributed by atoms with Crippen molar-refractivity contribution in [2.45, 2.75) is 24.9 Å². The van der Waals surface area contributed by atoms with Crippen molar-refractivity contribution in [1.82, 2.24) is 14.9 Å². The van der Waals surface area contributed by atoms with Gasteiger partial charge in [0.05, 0.1) is 6.33 Å². The summed E-state index contributed by atoms with van der Waals surface area (Å²) in [5.41, 5.74) is 0. The summed E-state index contributed by atoms with van der Waals surface area (Å²) in [7, 11) is 1.26. The van der Waals surface area contributed by atoms with E-state index in [9.17, 15) is 13.2 Å². The number of aromatic nitrogens is 2. The molecular weight excluding hydrogens is 254 g/mol. The Morgan fingerprint density at radius 1 is 1.62 bits per heavy atom. The fourth-order valence-electron chi connectivity index (χ4n) is 1.04. The topological polar surface area (TPSA) is 81.1 Å². The van der Waals surface area contributed by atoms with E-state index in [0.717, 1.165) is 6.42 Å². The predicted molar refractivity (Wildman–Crippen MR) is 58.6 cm³/mol. The third-order valence-corrected chi connectivity index (χ3v) is 2.94. The molecule has 1 amide bonds. The van der Waals surface area contributed by atoms with Crippen molar-refractivity contribution < 1.29 is 13.2 Å². The molecule has 0 aliphatic carbocycles. The number of amides is 1. The number of rotatable bonds is 5. The van der Waals surface area contributed by atoms with Gasteiger partial charge in [0.25, 0.3) is 9.05 Å². The number of imidazole rings is 1. The van der Waals surface area contributed by atoms with Gasteiger partial charge in [0.1, 0.15) is 6.54 Å². The van der Waals surface area contributed by atoms with Gasteiger partial charge in [0.15, 0.2) is 5.03 Å². The second-order valence-corrected chi connectivity index (χ2v) is 5.68. The van der Waals surface area contributed by atoms with Crippen LogP contribution < -0.4 is 5.32 Å². The van der Waals surface area contributed by atoms with Crippen molar-refractivity contribution in [1.29, 1.82) is 0 Å². The van der Waals surface area contributed by atoms with Crippen LogP contribution in [0.1, 0.15) is 13.3 Å². The van der Waals surface area contributed by atoms with Crippen molar-refractivity contribution >= 4 is 25.6 Å². The Bertz CT molecular complexity index is 469. The van der Waals surface area contributed by atoms with Gasteiger partial charge >= 0.3 is 0 Å². The number of carbonyl (C=O) groups excluding carboxylic acids is 1. The quantitative estimate of drug-likeness (QED) is 0.779. The molecule has 1 rings (SSSR count). The summed E-state index contributed by atoms with van der Waals surface area (Å²) >= 11 is 0. The summed E-state index contributed by atoms with van der Waals surface area (Å²) in [6, 6.07) is 0. The Balaban J connectivity index is 2.63. The number of hydrogen-bond donors (Lipinski definition) is 1. The molecule has 1 heterocycles. The number of hydrogen-bond acceptors (Lipinski definition) is 4. The molecule has 0 aromatic carbocycles. The summed E-state index contributed by atoms with van der Waals surface area (Å²) < 4.78 is 23.1. The third kappa shape index (κ3) is 3.82. The molecule has 0 radical (unpaired) electrons. The predicted octanol–water partition coefficient (Wildman–Crippen LogP) is 0.337. The van der Waals surface area contributed by atoms with Crippen molar-refractivity contribution in [2.75, 3.05) is 6.54 Å². The van der Waals surface area contributed by atoms with Crippen molar-refractivity contribution in [3.8, 4) is 0 Å². The Morgan fingerprint density at radius 2 is 2.31 bits per heavy atom. The molecule has 1 aromatic heterocycles. The molecule has 6 nitrogen and oxygen atoms in total. The summed E-state index contributed by atoms with van der Waals surface area (Å²) in [6.45, 7) is 2.56. The molecule has 8 heteroatoms. The Morgan fingerprint density at radius 3 is 2.81 bits per heavy atom. The molecular formula is C8H12ClN3O3S. The standard InChI is InChI=1S/C8H12ClN3O3S/c1-2-3-10-7(13)4-12-5-8(11-6-12)16(9,14)15/h5-6H,2-4H2,1H3,(H,10,13). The van der Waals surface area contributed by atoms with Gasteiger partial charge in [-0.25, -0.2) is 13.4 Å². The van der Waals surface area contributed by atoms with Crippen LogP contribution in [-0.2, 0) is 20.4 Å². The minimum absolute atomic E-state index is 0.0272. The van der Waals surface area contributed by atoms with Crippen molar-refractivity contribution in [3.63, 3.8) is 0 Å². The molecule has 90 valence electrons. The first kappa shape index (κ1) is 13.0. The highest BCUT2D eigenvalue weighted by molar-refractivity contribution is 8.13. The van der Waals surface area contributed by atoms with Crippen LogP contribution in [0.2, 0.25) is 0 Å². The molecule has 0 aliphatic heterocycles. The van der Waals surface area contributed by atoms with E-state index in [-0.39, 0.29) is 17.5 Å². The maximum atomic E-state index is 11.3. The first-order valence-corrected chi connectivity index (χ1v) is 6.97. The Kier molecular flexibility index (Phi) is 4.31. The van der Waals surface area contributed by atoms with Crippen molar-refractivity contribution in [3.05, 3.63) is 12.5 Å². The molecule has 1 N–H and O–H groups in total. The highest BCUT2D eigenvalue weighted by atomic mass is 35.7. The fourth-order valence-corrected chi connectivity index (χ4v) is 1.71. The van der Waals surface area contributed by atoms with Crippen LogP contribution in [0.3, 0.4) is 0 Å². The molecule has 0 fully saturated rings. The van der Waals surface area contributed by atoms with Gasteiger partial charge in [-0.2, -0.15) is 0 Å². The zero-order valence-electron chi connectivity index (χ0n) is 8.68. The third-order valence-electron chi connectivity index (χ3n) is 1.76. The zero-order chi connectivity index (χ0) is 12.2. The first-order chi connectivity index (χ1) is 7.43. The van der Waals surface area contributed by atoms with E-state index >= 15 is 0 Å². The molecule has 1 aromatic rings. The fraction of sp³-hybridized carbons (Fsp3) is 0.500. The van der Waals surface area contributed by atoms with Gasteiger partial charge in [0, 0.05) is 23.4 Å².